The van der Waals surface area contributed by atoms with Gasteiger partial charge in [-0.15, -0.1) is 0 Å². The molecule has 0 aromatic heterocycles. The molecule has 10 heteroatoms. The molecule has 0 radical (unpaired) electrons. The molecule has 3 rings (SSSR count). The highest BCUT2D eigenvalue weighted by molar-refractivity contribution is 7.89. The molecule has 0 N–H and O–H groups in total. The van der Waals surface area contributed by atoms with E-state index in [1.54, 1.807) is 6.07 Å². The minimum Gasteiger partial charge on any atom is -0.378 e. The van der Waals surface area contributed by atoms with Crippen molar-refractivity contribution in [3.63, 3.8) is 0 Å². The zero-order valence-electron chi connectivity index (χ0n) is 15.1. The van der Waals surface area contributed by atoms with Crippen molar-refractivity contribution in [1.29, 1.82) is 0 Å². The molecule has 2 fully saturated rings. The van der Waals surface area contributed by atoms with E-state index < -0.39 is 10.0 Å². The van der Waals surface area contributed by atoms with Gasteiger partial charge in [0.05, 0.1) is 24.3 Å². The highest BCUT2D eigenvalue weighted by Crippen LogP contribution is 2.28. The summed E-state index contributed by atoms with van der Waals surface area (Å²) >= 11 is 12.0. The lowest BCUT2D eigenvalue weighted by molar-refractivity contribution is -0.140. The smallest absolute Gasteiger partial charge is 0.244 e. The molecule has 2 aliphatic rings. The third kappa shape index (κ3) is 4.58. The number of sulfonamides is 1. The molecule has 0 aliphatic carbocycles. The van der Waals surface area contributed by atoms with Gasteiger partial charge >= 0.3 is 0 Å². The number of halogens is 2. The van der Waals surface area contributed by atoms with E-state index in [4.69, 9.17) is 27.9 Å². The van der Waals surface area contributed by atoms with Crippen LogP contribution in [-0.2, 0) is 19.6 Å². The Balaban J connectivity index is 1.64. The number of carbonyl (C=O) groups excluding carboxylic acids is 1. The van der Waals surface area contributed by atoms with Crippen LogP contribution in [0.4, 0.5) is 0 Å². The molecular formula is C17H23Cl2N3O4S. The zero-order valence-corrected chi connectivity index (χ0v) is 17.4. The Hall–Kier alpha value is -0.900. The van der Waals surface area contributed by atoms with Crippen molar-refractivity contribution in [2.75, 3.05) is 52.5 Å². The second-order valence-corrected chi connectivity index (χ2v) is 9.38. The average molecular weight is 436 g/mol. The van der Waals surface area contributed by atoms with E-state index in [1.807, 2.05) is 16.7 Å². The maximum atomic E-state index is 12.9. The van der Waals surface area contributed by atoms with Gasteiger partial charge in [0.1, 0.15) is 4.90 Å². The normalized spacial score (nSPS) is 21.2. The molecule has 150 valence electrons. The summed E-state index contributed by atoms with van der Waals surface area (Å²) in [6.45, 7) is 5.75. The summed E-state index contributed by atoms with van der Waals surface area (Å²) in [5, 5.41) is 0.471. The highest BCUT2D eigenvalue weighted by Gasteiger charge is 2.34. The van der Waals surface area contributed by atoms with Gasteiger partial charge in [-0.05, 0) is 25.1 Å². The molecule has 1 aromatic carbocycles. The first-order chi connectivity index (χ1) is 12.8. The first kappa shape index (κ1) is 20.8. The molecular weight excluding hydrogens is 413 g/mol. The Bertz CT molecular complexity index is 791. The standard InChI is InChI=1S/C17H23Cl2N3O4S/c1-13(17(23)21-8-10-26-11-9-21)20-4-6-22(7-5-20)27(24,25)16-12-14(18)2-3-15(16)19/h2-3,12-13H,4-11H2,1H3/t13-/m0/s1. The molecule has 2 saturated heterocycles. The average Bonchev–Trinajstić information content (AvgIpc) is 2.69. The zero-order chi connectivity index (χ0) is 19.6. The molecule has 1 amide bonds. The first-order valence-corrected chi connectivity index (χ1v) is 11.1. The summed E-state index contributed by atoms with van der Waals surface area (Å²) in [7, 11) is -3.73. The fraction of sp³-hybridized carbons (Fsp3) is 0.588. The maximum absolute atomic E-state index is 12.9. The number of carbonyl (C=O) groups is 1. The van der Waals surface area contributed by atoms with Crippen molar-refractivity contribution >= 4 is 39.1 Å². The van der Waals surface area contributed by atoms with Gasteiger partial charge in [0, 0.05) is 44.3 Å². The molecule has 1 atom stereocenters. The SMILES string of the molecule is C[C@@H](C(=O)N1CCOCC1)N1CCN(S(=O)(=O)c2cc(Cl)ccc2Cl)CC1. The topological polar surface area (TPSA) is 70.2 Å². The van der Waals surface area contributed by atoms with Gasteiger partial charge in [-0.1, -0.05) is 23.2 Å². The molecule has 0 saturated carbocycles. The summed E-state index contributed by atoms with van der Waals surface area (Å²) in [5.74, 6) is 0.0625. The Morgan fingerprint density at radius 2 is 1.70 bits per heavy atom. The van der Waals surface area contributed by atoms with Crippen molar-refractivity contribution in [2.45, 2.75) is 17.9 Å². The highest BCUT2D eigenvalue weighted by atomic mass is 35.5. The van der Waals surface area contributed by atoms with Crippen LogP contribution in [0.2, 0.25) is 10.0 Å². The van der Waals surface area contributed by atoms with E-state index in [2.05, 4.69) is 0 Å². The molecule has 7 nitrogen and oxygen atoms in total. The van der Waals surface area contributed by atoms with Crippen LogP contribution in [0.25, 0.3) is 0 Å². The predicted molar refractivity (Wildman–Crippen MR) is 104 cm³/mol. The van der Waals surface area contributed by atoms with E-state index in [9.17, 15) is 13.2 Å². The van der Waals surface area contributed by atoms with Crippen LogP contribution in [0.15, 0.2) is 23.1 Å². The van der Waals surface area contributed by atoms with E-state index in [-0.39, 0.29) is 21.9 Å². The van der Waals surface area contributed by atoms with Crippen molar-refractivity contribution < 1.29 is 17.9 Å². The number of amides is 1. The van der Waals surface area contributed by atoms with E-state index in [0.717, 1.165) is 0 Å². The monoisotopic (exact) mass is 435 g/mol. The molecule has 27 heavy (non-hydrogen) atoms. The quantitative estimate of drug-likeness (QED) is 0.717. The fourth-order valence-electron chi connectivity index (χ4n) is 3.35. The van der Waals surface area contributed by atoms with E-state index >= 15 is 0 Å². The first-order valence-electron chi connectivity index (χ1n) is 8.86. The molecule has 2 aliphatic heterocycles. The second kappa shape index (κ2) is 8.63. The van der Waals surface area contributed by atoms with Crippen molar-refractivity contribution in [1.82, 2.24) is 14.1 Å². The van der Waals surface area contributed by atoms with Crippen LogP contribution < -0.4 is 0 Å². The Morgan fingerprint density at radius 1 is 1.07 bits per heavy atom. The summed E-state index contributed by atoms with van der Waals surface area (Å²) in [6.07, 6.45) is 0. The van der Waals surface area contributed by atoms with Gasteiger partial charge in [-0.3, -0.25) is 9.69 Å². The van der Waals surface area contributed by atoms with Crippen molar-refractivity contribution in [2.24, 2.45) is 0 Å². The Labute approximate surface area is 169 Å². The van der Waals surface area contributed by atoms with Gasteiger partial charge in [-0.25, -0.2) is 8.42 Å². The summed E-state index contributed by atoms with van der Waals surface area (Å²) in [4.78, 5) is 16.5. The van der Waals surface area contributed by atoms with Crippen LogP contribution in [-0.4, -0.2) is 87.0 Å². The van der Waals surface area contributed by atoms with Gasteiger partial charge in [0.2, 0.25) is 15.9 Å². The van der Waals surface area contributed by atoms with Crippen LogP contribution in [0.1, 0.15) is 6.92 Å². The van der Waals surface area contributed by atoms with Gasteiger partial charge in [0.25, 0.3) is 0 Å². The fourth-order valence-corrected chi connectivity index (χ4v) is 5.51. The predicted octanol–water partition coefficient (Wildman–Crippen LogP) is 1.55. The number of hydrogen-bond acceptors (Lipinski definition) is 5. The van der Waals surface area contributed by atoms with Crippen LogP contribution in [0.5, 0.6) is 0 Å². The van der Waals surface area contributed by atoms with Crippen LogP contribution >= 0.6 is 23.2 Å². The Morgan fingerprint density at radius 3 is 2.33 bits per heavy atom. The van der Waals surface area contributed by atoms with Crippen molar-refractivity contribution in [3.05, 3.63) is 28.2 Å². The summed E-state index contributed by atoms with van der Waals surface area (Å²) < 4.78 is 32.5. The van der Waals surface area contributed by atoms with E-state index in [0.29, 0.717) is 57.5 Å². The third-order valence-electron chi connectivity index (χ3n) is 5.01. The van der Waals surface area contributed by atoms with Crippen LogP contribution in [0.3, 0.4) is 0 Å². The second-order valence-electron chi connectivity index (χ2n) is 6.63. The lowest BCUT2D eigenvalue weighted by Gasteiger charge is -2.39. The molecule has 0 spiro atoms. The van der Waals surface area contributed by atoms with Gasteiger partial charge in [0.15, 0.2) is 0 Å². The number of benzene rings is 1. The minimum atomic E-state index is -3.73. The van der Waals surface area contributed by atoms with Gasteiger partial charge < -0.3 is 9.64 Å². The largest absolute Gasteiger partial charge is 0.378 e. The molecule has 0 unspecified atom stereocenters. The third-order valence-corrected chi connectivity index (χ3v) is 7.63. The molecule has 2 heterocycles. The maximum Gasteiger partial charge on any atom is 0.244 e. The number of piperazine rings is 1. The number of hydrogen-bond donors (Lipinski definition) is 0. The number of morpholine rings is 1. The number of nitrogens with zero attached hydrogens (tertiary/aromatic N) is 3. The number of rotatable bonds is 4. The van der Waals surface area contributed by atoms with Gasteiger partial charge in [-0.2, -0.15) is 4.31 Å². The summed E-state index contributed by atoms with van der Waals surface area (Å²) in [5.41, 5.74) is 0. The van der Waals surface area contributed by atoms with E-state index in [1.165, 1.54) is 16.4 Å². The Kier molecular flexibility index (Phi) is 6.66. The lowest BCUT2D eigenvalue weighted by Crippen LogP contribution is -2.56. The minimum absolute atomic E-state index is 0.0163. The van der Waals surface area contributed by atoms with Crippen LogP contribution in [0, 0.1) is 0 Å². The molecule has 0 bridgehead atoms. The summed E-state index contributed by atoms with van der Waals surface area (Å²) in [6, 6.07) is 4.12. The number of ether oxygens (including phenoxy) is 1. The van der Waals surface area contributed by atoms with Crippen molar-refractivity contribution in [3.8, 4) is 0 Å². The molecule has 1 aromatic rings. The lowest BCUT2D eigenvalue weighted by atomic mass is 10.2.